The maximum Gasteiger partial charge on any atom is 0.229 e. The smallest absolute Gasteiger partial charge is 0.229 e. The van der Waals surface area contributed by atoms with E-state index in [1.165, 1.54) is 0 Å². The fraction of sp³-hybridized carbons (Fsp3) is 0.500. The molecule has 0 fully saturated rings. The number of nitrogens with zero attached hydrogens (tertiary/aromatic N) is 1. The summed E-state index contributed by atoms with van der Waals surface area (Å²) in [5, 5.41) is 2.93. The van der Waals surface area contributed by atoms with Gasteiger partial charge in [-0.25, -0.2) is 0 Å². The van der Waals surface area contributed by atoms with Gasteiger partial charge in [0.15, 0.2) is 0 Å². The van der Waals surface area contributed by atoms with E-state index in [1.807, 2.05) is 45.9 Å². The van der Waals surface area contributed by atoms with Crippen LogP contribution in [-0.2, 0) is 16.0 Å². The van der Waals surface area contributed by atoms with E-state index < -0.39 is 5.41 Å². The first-order valence-corrected chi connectivity index (χ1v) is 7.07. The van der Waals surface area contributed by atoms with Crippen LogP contribution in [0.5, 0.6) is 0 Å². The molecule has 1 aromatic carbocycles. The van der Waals surface area contributed by atoms with E-state index in [2.05, 4.69) is 5.32 Å². The van der Waals surface area contributed by atoms with E-state index in [0.29, 0.717) is 13.0 Å². The quantitative estimate of drug-likeness (QED) is 0.901. The summed E-state index contributed by atoms with van der Waals surface area (Å²) in [6.45, 7) is 8.32. The number of hydrogen-bond acceptors (Lipinski definition) is 2. The Hall–Kier alpha value is -1.84. The molecule has 0 spiro atoms. The lowest BCUT2D eigenvalue weighted by atomic mass is 9.95. The third kappa shape index (κ3) is 2.84. The summed E-state index contributed by atoms with van der Waals surface area (Å²) < 4.78 is 0. The normalized spacial score (nSPS) is 15.0. The molecule has 1 N–H and O–H groups in total. The van der Waals surface area contributed by atoms with Crippen LogP contribution in [0.2, 0.25) is 0 Å². The van der Waals surface area contributed by atoms with Crippen molar-refractivity contribution in [3.05, 3.63) is 23.8 Å². The van der Waals surface area contributed by atoms with Gasteiger partial charge in [0.05, 0.1) is 0 Å². The fourth-order valence-electron chi connectivity index (χ4n) is 2.30. The summed E-state index contributed by atoms with van der Waals surface area (Å²) in [5.41, 5.74) is 2.48. The maximum atomic E-state index is 12.0. The Morgan fingerprint density at radius 1 is 1.30 bits per heavy atom. The summed E-state index contributed by atoms with van der Waals surface area (Å²) in [7, 11) is 0. The molecule has 1 aliphatic rings. The first-order chi connectivity index (χ1) is 9.32. The lowest BCUT2D eigenvalue weighted by Gasteiger charge is -2.29. The van der Waals surface area contributed by atoms with Gasteiger partial charge in [0, 0.05) is 29.8 Å². The van der Waals surface area contributed by atoms with Crippen molar-refractivity contribution >= 4 is 23.2 Å². The molecule has 4 nitrogen and oxygen atoms in total. The van der Waals surface area contributed by atoms with Gasteiger partial charge < -0.3 is 10.2 Å². The zero-order valence-corrected chi connectivity index (χ0v) is 12.6. The van der Waals surface area contributed by atoms with Gasteiger partial charge in [-0.2, -0.15) is 0 Å². The second-order valence-electron chi connectivity index (χ2n) is 6.19. The molecule has 0 unspecified atom stereocenters. The minimum Gasteiger partial charge on any atom is -0.326 e. The van der Waals surface area contributed by atoms with Gasteiger partial charge >= 0.3 is 0 Å². The van der Waals surface area contributed by atoms with Crippen LogP contribution in [0.3, 0.4) is 0 Å². The average Bonchev–Trinajstić information content (AvgIpc) is 2.37. The number of benzene rings is 1. The van der Waals surface area contributed by atoms with Gasteiger partial charge in [-0.1, -0.05) is 20.8 Å². The molecule has 0 radical (unpaired) electrons. The monoisotopic (exact) mass is 274 g/mol. The minimum absolute atomic E-state index is 0.00307. The molecule has 0 saturated heterocycles. The molecule has 0 bridgehead atoms. The van der Waals surface area contributed by atoms with Crippen molar-refractivity contribution in [3.63, 3.8) is 0 Å². The van der Waals surface area contributed by atoms with Crippen molar-refractivity contribution in [3.8, 4) is 0 Å². The van der Waals surface area contributed by atoms with E-state index in [-0.39, 0.29) is 11.8 Å². The summed E-state index contributed by atoms with van der Waals surface area (Å²) in [4.78, 5) is 25.6. The van der Waals surface area contributed by atoms with Crippen LogP contribution < -0.4 is 10.2 Å². The topological polar surface area (TPSA) is 49.4 Å². The van der Waals surface area contributed by atoms with Gasteiger partial charge in [-0.3, -0.25) is 9.59 Å². The van der Waals surface area contributed by atoms with Crippen molar-refractivity contribution in [1.82, 2.24) is 0 Å². The Morgan fingerprint density at radius 2 is 2.00 bits per heavy atom. The summed E-state index contributed by atoms with van der Waals surface area (Å²) in [5.74, 6) is 0.170. The number of carbonyl (C=O) groups is 2. The molecule has 4 heteroatoms. The Bertz CT molecular complexity index is 544. The van der Waals surface area contributed by atoms with Gasteiger partial charge in [0.2, 0.25) is 11.8 Å². The van der Waals surface area contributed by atoms with Crippen molar-refractivity contribution in [2.24, 2.45) is 5.41 Å². The zero-order chi connectivity index (χ0) is 14.9. The number of hydrogen-bond donors (Lipinski definition) is 1. The Kier molecular flexibility index (Phi) is 3.84. The lowest BCUT2D eigenvalue weighted by Crippen LogP contribution is -2.35. The second kappa shape index (κ2) is 5.27. The van der Waals surface area contributed by atoms with Crippen LogP contribution in [0, 0.1) is 5.41 Å². The number of nitrogens with one attached hydrogen (secondary N) is 1. The van der Waals surface area contributed by atoms with Crippen molar-refractivity contribution < 1.29 is 9.59 Å². The lowest BCUT2D eigenvalue weighted by molar-refractivity contribution is -0.123. The predicted octanol–water partition coefficient (Wildman–Crippen LogP) is 2.97. The van der Waals surface area contributed by atoms with Crippen LogP contribution in [0.25, 0.3) is 0 Å². The minimum atomic E-state index is -0.415. The summed E-state index contributed by atoms with van der Waals surface area (Å²) >= 11 is 0. The molecule has 0 saturated carbocycles. The fourth-order valence-corrected chi connectivity index (χ4v) is 2.30. The molecule has 0 atom stereocenters. The number of fused-ring (bicyclic) bond motifs is 1. The van der Waals surface area contributed by atoms with Gasteiger partial charge in [-0.15, -0.1) is 0 Å². The molecule has 108 valence electrons. The average molecular weight is 274 g/mol. The van der Waals surface area contributed by atoms with Crippen LogP contribution >= 0.6 is 0 Å². The zero-order valence-electron chi connectivity index (χ0n) is 12.6. The van der Waals surface area contributed by atoms with E-state index in [4.69, 9.17) is 0 Å². The number of amides is 2. The summed E-state index contributed by atoms with van der Waals surface area (Å²) in [6, 6.07) is 5.77. The molecule has 20 heavy (non-hydrogen) atoms. The van der Waals surface area contributed by atoms with Crippen LogP contribution in [0.15, 0.2) is 18.2 Å². The van der Waals surface area contributed by atoms with E-state index in [1.54, 1.807) is 4.90 Å². The predicted molar refractivity (Wildman–Crippen MR) is 80.9 cm³/mol. The Labute approximate surface area is 120 Å². The Morgan fingerprint density at radius 3 is 2.60 bits per heavy atom. The molecule has 1 heterocycles. The molecule has 1 aromatic rings. The molecule has 0 aromatic heterocycles. The molecule has 1 aliphatic heterocycles. The molecular weight excluding hydrogens is 252 g/mol. The highest BCUT2D eigenvalue weighted by Crippen LogP contribution is 2.30. The van der Waals surface area contributed by atoms with Gasteiger partial charge in [0.1, 0.15) is 0 Å². The second-order valence-corrected chi connectivity index (χ2v) is 6.19. The van der Waals surface area contributed by atoms with Crippen molar-refractivity contribution in [2.45, 2.75) is 40.5 Å². The van der Waals surface area contributed by atoms with Crippen molar-refractivity contribution in [2.75, 3.05) is 16.8 Å². The number of rotatable bonds is 2. The highest BCUT2D eigenvalue weighted by Gasteiger charge is 2.24. The van der Waals surface area contributed by atoms with Crippen molar-refractivity contribution in [1.29, 1.82) is 0 Å². The first kappa shape index (κ1) is 14.6. The van der Waals surface area contributed by atoms with Crippen LogP contribution in [0.1, 0.15) is 39.7 Å². The summed E-state index contributed by atoms with van der Waals surface area (Å²) in [6.07, 6.45) is 1.28. The molecule has 0 aliphatic carbocycles. The number of aryl methyl sites for hydroxylation is 1. The SMILES string of the molecule is CCN1C(=O)CCc2cc(NC(=O)C(C)(C)C)ccc21. The maximum absolute atomic E-state index is 12.0. The van der Waals surface area contributed by atoms with Gasteiger partial charge in [-0.05, 0) is 37.1 Å². The molecule has 2 amide bonds. The van der Waals surface area contributed by atoms with E-state index >= 15 is 0 Å². The van der Waals surface area contributed by atoms with E-state index in [0.717, 1.165) is 23.4 Å². The van der Waals surface area contributed by atoms with Crippen LogP contribution in [-0.4, -0.2) is 18.4 Å². The standard InChI is InChI=1S/C16H22N2O2/c1-5-18-13-8-7-12(17-15(20)16(2,3)4)10-11(13)6-9-14(18)19/h7-8,10H,5-6,9H2,1-4H3,(H,17,20). The molecule has 2 rings (SSSR count). The van der Waals surface area contributed by atoms with Crippen LogP contribution in [0.4, 0.5) is 11.4 Å². The first-order valence-electron chi connectivity index (χ1n) is 7.07. The van der Waals surface area contributed by atoms with E-state index in [9.17, 15) is 9.59 Å². The number of anilines is 2. The van der Waals surface area contributed by atoms with Gasteiger partial charge in [0.25, 0.3) is 0 Å². The molecular formula is C16H22N2O2. The third-order valence-electron chi connectivity index (χ3n) is 3.53. The highest BCUT2D eigenvalue weighted by atomic mass is 16.2. The highest BCUT2D eigenvalue weighted by molar-refractivity contribution is 5.98. The largest absolute Gasteiger partial charge is 0.326 e. The number of carbonyl (C=O) groups excluding carboxylic acids is 2. The Balaban J connectivity index is 2.25. The third-order valence-corrected chi connectivity index (χ3v) is 3.53.